The number of halogens is 1. The van der Waals surface area contributed by atoms with Crippen molar-refractivity contribution in [3.63, 3.8) is 0 Å². The summed E-state index contributed by atoms with van der Waals surface area (Å²) in [6.45, 7) is 4.04. The summed E-state index contributed by atoms with van der Waals surface area (Å²) in [6, 6.07) is 9.36. The van der Waals surface area contributed by atoms with Gasteiger partial charge in [-0.25, -0.2) is 4.39 Å². The van der Waals surface area contributed by atoms with Crippen molar-refractivity contribution in [3.05, 3.63) is 65.0 Å². The summed E-state index contributed by atoms with van der Waals surface area (Å²) >= 11 is 0. The van der Waals surface area contributed by atoms with Crippen molar-refractivity contribution >= 4 is 17.4 Å². The zero-order chi connectivity index (χ0) is 24.9. The highest BCUT2D eigenvalue weighted by Gasteiger charge is 2.46. The van der Waals surface area contributed by atoms with E-state index in [1.165, 1.54) is 43.4 Å². The van der Waals surface area contributed by atoms with Crippen LogP contribution in [-0.2, 0) is 14.3 Å². The molecule has 8 nitrogen and oxygen atoms in total. The lowest BCUT2D eigenvalue weighted by molar-refractivity contribution is -0.140. The number of carbonyl (C=O) groups excluding carboxylic acids is 2. The second kappa shape index (κ2) is 10.9. The van der Waals surface area contributed by atoms with E-state index in [9.17, 15) is 19.1 Å². The molecule has 186 valence electrons. The molecule has 9 heteroatoms. The van der Waals surface area contributed by atoms with Gasteiger partial charge in [-0.2, -0.15) is 0 Å². The fraction of sp³-hybridized carbons (Fsp3) is 0.385. The van der Waals surface area contributed by atoms with Crippen molar-refractivity contribution in [2.75, 3.05) is 53.6 Å². The smallest absolute Gasteiger partial charge is 0.295 e. The molecule has 2 heterocycles. The van der Waals surface area contributed by atoms with Crippen molar-refractivity contribution < 1.29 is 33.3 Å². The summed E-state index contributed by atoms with van der Waals surface area (Å²) < 4.78 is 29.7. The summed E-state index contributed by atoms with van der Waals surface area (Å²) in [5.74, 6) is -1.35. The van der Waals surface area contributed by atoms with E-state index in [0.29, 0.717) is 43.2 Å². The Morgan fingerprint density at radius 1 is 1.06 bits per heavy atom. The van der Waals surface area contributed by atoms with Gasteiger partial charge < -0.3 is 24.2 Å². The topological polar surface area (TPSA) is 88.5 Å². The van der Waals surface area contributed by atoms with Gasteiger partial charge in [-0.05, 0) is 42.8 Å². The predicted molar refractivity (Wildman–Crippen MR) is 127 cm³/mol. The van der Waals surface area contributed by atoms with Crippen molar-refractivity contribution in [3.8, 4) is 11.5 Å². The zero-order valence-electron chi connectivity index (χ0n) is 19.8. The first-order valence-electron chi connectivity index (χ1n) is 11.5. The molecule has 1 atom stereocenters. The van der Waals surface area contributed by atoms with Crippen molar-refractivity contribution in [2.24, 2.45) is 0 Å². The normalized spacial score (nSPS) is 20.3. The lowest BCUT2D eigenvalue weighted by Gasteiger charge is -2.29. The molecule has 2 saturated heterocycles. The first kappa shape index (κ1) is 24.7. The second-order valence-corrected chi connectivity index (χ2v) is 8.41. The highest BCUT2D eigenvalue weighted by Crippen LogP contribution is 2.43. The van der Waals surface area contributed by atoms with Gasteiger partial charge >= 0.3 is 0 Å². The highest BCUT2D eigenvalue weighted by molar-refractivity contribution is 6.46. The number of hydrogen-bond donors (Lipinski definition) is 1. The Labute approximate surface area is 203 Å². The van der Waals surface area contributed by atoms with E-state index in [1.54, 1.807) is 18.2 Å². The average Bonchev–Trinajstić information content (AvgIpc) is 3.13. The van der Waals surface area contributed by atoms with Crippen LogP contribution in [0.1, 0.15) is 23.6 Å². The Morgan fingerprint density at radius 3 is 2.43 bits per heavy atom. The lowest BCUT2D eigenvalue weighted by atomic mass is 9.94. The molecule has 1 N–H and O–H groups in total. The summed E-state index contributed by atoms with van der Waals surface area (Å²) in [5.41, 5.74) is 0.731. The lowest BCUT2D eigenvalue weighted by Crippen LogP contribution is -2.39. The number of ether oxygens (including phenoxy) is 3. The number of ketones is 1. The van der Waals surface area contributed by atoms with Crippen LogP contribution in [0.4, 0.5) is 4.39 Å². The van der Waals surface area contributed by atoms with Gasteiger partial charge in [0.1, 0.15) is 23.1 Å². The molecular formula is C26H29FN2O6. The third-order valence-electron chi connectivity index (χ3n) is 6.37. The summed E-state index contributed by atoms with van der Waals surface area (Å²) in [6.07, 6.45) is 0.637. The van der Waals surface area contributed by atoms with Crippen LogP contribution in [-0.4, -0.2) is 80.2 Å². The molecule has 0 aromatic heterocycles. The summed E-state index contributed by atoms with van der Waals surface area (Å²) in [7, 11) is 3.02. The quantitative estimate of drug-likeness (QED) is 0.350. The van der Waals surface area contributed by atoms with Gasteiger partial charge in [-0.3, -0.25) is 14.5 Å². The van der Waals surface area contributed by atoms with Gasteiger partial charge in [-0.1, -0.05) is 0 Å². The molecule has 0 bridgehead atoms. The van der Waals surface area contributed by atoms with Crippen LogP contribution in [0.5, 0.6) is 11.5 Å². The largest absolute Gasteiger partial charge is 0.507 e. The highest BCUT2D eigenvalue weighted by atomic mass is 19.1. The Hall–Kier alpha value is -3.43. The maximum absolute atomic E-state index is 13.5. The average molecular weight is 485 g/mol. The molecule has 0 spiro atoms. The van der Waals surface area contributed by atoms with Crippen molar-refractivity contribution in [1.82, 2.24) is 9.80 Å². The minimum absolute atomic E-state index is 0.0588. The monoisotopic (exact) mass is 484 g/mol. The van der Waals surface area contributed by atoms with Gasteiger partial charge in [0.15, 0.2) is 0 Å². The van der Waals surface area contributed by atoms with E-state index in [0.717, 1.165) is 19.6 Å². The standard InChI is InChI=1S/C26H29FN2O6/c1-33-19-8-9-20(21(16-19)34-2)23-22(24(30)17-4-6-18(27)7-5-17)25(31)26(32)29(23)11-3-10-28-12-14-35-15-13-28/h4-9,16,23,30H,3,10-15H2,1-2H3/t23-/m0/s1. The van der Waals surface area contributed by atoms with Crippen molar-refractivity contribution in [2.45, 2.75) is 12.5 Å². The van der Waals surface area contributed by atoms with E-state index >= 15 is 0 Å². The fourth-order valence-corrected chi connectivity index (χ4v) is 4.53. The third kappa shape index (κ3) is 5.16. The molecule has 0 aliphatic carbocycles. The van der Waals surface area contributed by atoms with Crippen LogP contribution >= 0.6 is 0 Å². The van der Waals surface area contributed by atoms with E-state index in [-0.39, 0.29) is 16.9 Å². The molecule has 2 aliphatic heterocycles. The van der Waals surface area contributed by atoms with E-state index in [2.05, 4.69) is 4.90 Å². The number of nitrogens with zero attached hydrogens (tertiary/aromatic N) is 2. The van der Waals surface area contributed by atoms with Crippen LogP contribution in [0.15, 0.2) is 48.0 Å². The first-order chi connectivity index (χ1) is 16.9. The third-order valence-corrected chi connectivity index (χ3v) is 6.37. The van der Waals surface area contributed by atoms with E-state index < -0.39 is 23.5 Å². The number of methoxy groups -OCH3 is 2. The van der Waals surface area contributed by atoms with Gasteiger partial charge in [0.2, 0.25) is 0 Å². The molecule has 2 fully saturated rings. The second-order valence-electron chi connectivity index (χ2n) is 8.41. The molecule has 2 aromatic rings. The van der Waals surface area contributed by atoms with Crippen LogP contribution in [0, 0.1) is 5.82 Å². The minimum atomic E-state index is -0.870. The molecule has 0 unspecified atom stereocenters. The Bertz CT molecular complexity index is 1110. The van der Waals surface area contributed by atoms with Gasteiger partial charge in [-0.15, -0.1) is 0 Å². The number of aliphatic hydroxyl groups excluding tert-OH is 1. The molecule has 35 heavy (non-hydrogen) atoms. The van der Waals surface area contributed by atoms with Crippen molar-refractivity contribution in [1.29, 1.82) is 0 Å². The Morgan fingerprint density at radius 2 is 1.77 bits per heavy atom. The molecule has 2 aliphatic rings. The van der Waals surface area contributed by atoms with Gasteiger partial charge in [0, 0.05) is 43.4 Å². The number of likely N-dealkylation sites (tertiary alicyclic amines) is 1. The Kier molecular flexibility index (Phi) is 7.67. The minimum Gasteiger partial charge on any atom is -0.507 e. The maximum atomic E-state index is 13.5. The number of rotatable bonds is 8. The number of benzene rings is 2. The number of morpholine rings is 1. The number of amides is 1. The number of hydrogen-bond acceptors (Lipinski definition) is 7. The molecule has 1 amide bonds. The van der Waals surface area contributed by atoms with Crippen LogP contribution in [0.25, 0.3) is 5.76 Å². The van der Waals surface area contributed by atoms with E-state index in [4.69, 9.17) is 14.2 Å². The fourth-order valence-electron chi connectivity index (χ4n) is 4.53. The Balaban J connectivity index is 1.73. The predicted octanol–water partition coefficient (Wildman–Crippen LogP) is 2.99. The number of Topliss-reactive ketones (excluding diaryl/α,β-unsaturated/α-hetero) is 1. The number of aliphatic hydroxyl groups is 1. The summed E-state index contributed by atoms with van der Waals surface area (Å²) in [5, 5.41) is 11.1. The molecule has 0 radical (unpaired) electrons. The van der Waals surface area contributed by atoms with Gasteiger partial charge in [0.25, 0.3) is 11.7 Å². The van der Waals surface area contributed by atoms with Gasteiger partial charge in [0.05, 0.1) is 39.0 Å². The van der Waals surface area contributed by atoms with Crippen LogP contribution in [0.3, 0.4) is 0 Å². The SMILES string of the molecule is COc1ccc([C@H]2C(=C(O)c3ccc(F)cc3)C(=O)C(=O)N2CCCN2CCOCC2)c(OC)c1. The van der Waals surface area contributed by atoms with Crippen LogP contribution in [0.2, 0.25) is 0 Å². The molecular weight excluding hydrogens is 455 g/mol. The molecule has 0 saturated carbocycles. The number of carbonyl (C=O) groups is 2. The first-order valence-corrected chi connectivity index (χ1v) is 11.5. The van der Waals surface area contributed by atoms with E-state index in [1.807, 2.05) is 0 Å². The van der Waals surface area contributed by atoms with Crippen LogP contribution < -0.4 is 9.47 Å². The molecule has 2 aromatic carbocycles. The summed E-state index contributed by atoms with van der Waals surface area (Å²) in [4.78, 5) is 30.1. The maximum Gasteiger partial charge on any atom is 0.295 e. The molecule has 4 rings (SSSR count). The zero-order valence-corrected chi connectivity index (χ0v) is 19.8.